The summed E-state index contributed by atoms with van der Waals surface area (Å²) in [5.41, 5.74) is 0.587. The smallest absolute Gasteiger partial charge is 0.336 e. The molecule has 2 heterocycles. The lowest BCUT2D eigenvalue weighted by atomic mass is 10.2. The van der Waals surface area contributed by atoms with E-state index in [1.54, 1.807) is 35.3 Å². The van der Waals surface area contributed by atoms with E-state index >= 15 is 0 Å². The standard InChI is InChI=1S/C20H17BrN4O2/c21-15-6-8-16(9-7-15)25-19(26)17-4-1-2-5-18(17)24(20(25)27)12-3-11-23-13-10-22-14-23/h1-2,4-10,13-14H,3,11-12H2. The molecule has 0 aliphatic heterocycles. The van der Waals surface area contributed by atoms with Crippen molar-refractivity contribution >= 4 is 26.8 Å². The Hall–Kier alpha value is -2.93. The number of imidazole rings is 1. The van der Waals surface area contributed by atoms with Crippen molar-refractivity contribution in [1.82, 2.24) is 18.7 Å². The second kappa shape index (κ2) is 7.36. The quantitative estimate of drug-likeness (QED) is 0.494. The van der Waals surface area contributed by atoms with Gasteiger partial charge in [0.05, 0.1) is 22.9 Å². The number of aryl methyl sites for hydroxylation is 2. The van der Waals surface area contributed by atoms with Gasteiger partial charge in [-0.25, -0.2) is 14.3 Å². The van der Waals surface area contributed by atoms with Gasteiger partial charge in [-0.15, -0.1) is 0 Å². The van der Waals surface area contributed by atoms with Crippen LogP contribution in [0.25, 0.3) is 16.6 Å². The molecule has 7 heteroatoms. The third-order valence-electron chi connectivity index (χ3n) is 4.49. The maximum absolute atomic E-state index is 13.2. The third-order valence-corrected chi connectivity index (χ3v) is 5.02. The number of para-hydroxylation sites is 1. The number of rotatable bonds is 5. The van der Waals surface area contributed by atoms with Gasteiger partial charge in [0.1, 0.15) is 0 Å². The highest BCUT2D eigenvalue weighted by Crippen LogP contribution is 2.14. The molecule has 136 valence electrons. The van der Waals surface area contributed by atoms with Crippen molar-refractivity contribution in [2.24, 2.45) is 0 Å². The molecule has 4 rings (SSSR count). The van der Waals surface area contributed by atoms with Crippen molar-refractivity contribution in [3.63, 3.8) is 0 Å². The summed E-state index contributed by atoms with van der Waals surface area (Å²) in [7, 11) is 0. The summed E-state index contributed by atoms with van der Waals surface area (Å²) in [6.45, 7) is 1.26. The van der Waals surface area contributed by atoms with E-state index in [4.69, 9.17) is 0 Å². The first kappa shape index (κ1) is 17.5. The molecule has 0 amide bonds. The second-order valence-electron chi connectivity index (χ2n) is 6.22. The van der Waals surface area contributed by atoms with Crippen LogP contribution in [0.5, 0.6) is 0 Å². The Morgan fingerprint density at radius 1 is 0.963 bits per heavy atom. The maximum atomic E-state index is 13.2. The van der Waals surface area contributed by atoms with Crippen LogP contribution in [-0.4, -0.2) is 18.7 Å². The normalized spacial score (nSPS) is 11.1. The van der Waals surface area contributed by atoms with Gasteiger partial charge in [-0.2, -0.15) is 0 Å². The van der Waals surface area contributed by atoms with Gasteiger partial charge in [0.25, 0.3) is 5.56 Å². The molecule has 2 aromatic carbocycles. The molecule has 0 saturated carbocycles. The highest BCUT2D eigenvalue weighted by molar-refractivity contribution is 9.10. The van der Waals surface area contributed by atoms with E-state index in [1.807, 2.05) is 41.1 Å². The van der Waals surface area contributed by atoms with Crippen LogP contribution in [0, 0.1) is 0 Å². The Balaban J connectivity index is 1.83. The van der Waals surface area contributed by atoms with Gasteiger partial charge in [0, 0.05) is 30.0 Å². The van der Waals surface area contributed by atoms with Crippen LogP contribution in [0.15, 0.2) is 81.3 Å². The molecular weight excluding hydrogens is 408 g/mol. The van der Waals surface area contributed by atoms with Crippen LogP contribution >= 0.6 is 15.9 Å². The highest BCUT2D eigenvalue weighted by atomic mass is 79.9. The molecular formula is C20H17BrN4O2. The van der Waals surface area contributed by atoms with Crippen molar-refractivity contribution in [2.75, 3.05) is 0 Å². The Morgan fingerprint density at radius 2 is 1.74 bits per heavy atom. The van der Waals surface area contributed by atoms with E-state index in [0.29, 0.717) is 23.1 Å². The number of aromatic nitrogens is 4. The van der Waals surface area contributed by atoms with Crippen LogP contribution in [0.4, 0.5) is 0 Å². The minimum absolute atomic E-state index is 0.302. The fourth-order valence-electron chi connectivity index (χ4n) is 3.19. The molecule has 0 aliphatic carbocycles. The average molecular weight is 425 g/mol. The molecule has 0 saturated heterocycles. The van der Waals surface area contributed by atoms with Crippen LogP contribution in [0.1, 0.15) is 6.42 Å². The fourth-order valence-corrected chi connectivity index (χ4v) is 3.45. The van der Waals surface area contributed by atoms with E-state index in [1.165, 1.54) is 4.57 Å². The second-order valence-corrected chi connectivity index (χ2v) is 7.14. The van der Waals surface area contributed by atoms with Gasteiger partial charge >= 0.3 is 5.69 Å². The zero-order valence-electron chi connectivity index (χ0n) is 14.5. The van der Waals surface area contributed by atoms with E-state index in [0.717, 1.165) is 17.4 Å². The van der Waals surface area contributed by atoms with Crippen molar-refractivity contribution in [3.8, 4) is 5.69 Å². The van der Waals surface area contributed by atoms with E-state index in [-0.39, 0.29) is 11.2 Å². The zero-order valence-corrected chi connectivity index (χ0v) is 16.0. The van der Waals surface area contributed by atoms with Gasteiger partial charge in [0.2, 0.25) is 0 Å². The predicted octanol–water partition coefficient (Wildman–Crippen LogP) is 3.20. The Bertz CT molecular complexity index is 1190. The van der Waals surface area contributed by atoms with E-state index in [9.17, 15) is 9.59 Å². The lowest BCUT2D eigenvalue weighted by molar-refractivity contribution is 0.549. The first-order valence-corrected chi connectivity index (χ1v) is 9.41. The lowest BCUT2D eigenvalue weighted by Gasteiger charge is -2.14. The Kier molecular flexibility index (Phi) is 4.77. The first-order valence-electron chi connectivity index (χ1n) is 8.61. The summed E-state index contributed by atoms with van der Waals surface area (Å²) in [5.74, 6) is 0. The third kappa shape index (κ3) is 3.38. The number of fused-ring (bicyclic) bond motifs is 1. The van der Waals surface area contributed by atoms with Gasteiger partial charge < -0.3 is 4.57 Å². The van der Waals surface area contributed by atoms with Gasteiger partial charge in [-0.1, -0.05) is 28.1 Å². The summed E-state index contributed by atoms with van der Waals surface area (Å²) in [4.78, 5) is 30.2. The van der Waals surface area contributed by atoms with Crippen molar-refractivity contribution in [3.05, 3.63) is 92.6 Å². The fraction of sp³-hybridized carbons (Fsp3) is 0.150. The molecule has 2 aromatic heterocycles. The number of hydrogen-bond acceptors (Lipinski definition) is 3. The molecule has 0 N–H and O–H groups in total. The molecule has 0 atom stereocenters. The van der Waals surface area contributed by atoms with E-state index in [2.05, 4.69) is 20.9 Å². The molecule has 0 bridgehead atoms. The van der Waals surface area contributed by atoms with Crippen molar-refractivity contribution in [2.45, 2.75) is 19.5 Å². The Morgan fingerprint density at radius 3 is 2.48 bits per heavy atom. The maximum Gasteiger partial charge on any atom is 0.336 e. The van der Waals surface area contributed by atoms with Crippen molar-refractivity contribution in [1.29, 1.82) is 0 Å². The van der Waals surface area contributed by atoms with Gasteiger partial charge in [-0.05, 0) is 42.8 Å². The summed E-state index contributed by atoms with van der Waals surface area (Å²) < 4.78 is 5.78. The van der Waals surface area contributed by atoms with Gasteiger partial charge in [-0.3, -0.25) is 9.36 Å². The molecule has 0 radical (unpaired) electrons. The zero-order chi connectivity index (χ0) is 18.8. The predicted molar refractivity (Wildman–Crippen MR) is 108 cm³/mol. The summed E-state index contributed by atoms with van der Waals surface area (Å²) in [6.07, 6.45) is 6.13. The van der Waals surface area contributed by atoms with Gasteiger partial charge in [0.15, 0.2) is 0 Å². The van der Waals surface area contributed by atoms with E-state index < -0.39 is 0 Å². The Labute approximate surface area is 163 Å². The minimum atomic E-state index is -0.327. The molecule has 0 spiro atoms. The minimum Gasteiger partial charge on any atom is -0.337 e. The number of benzene rings is 2. The lowest BCUT2D eigenvalue weighted by Crippen LogP contribution is -2.39. The monoisotopic (exact) mass is 424 g/mol. The van der Waals surface area contributed by atoms with Crippen LogP contribution in [0.3, 0.4) is 0 Å². The molecule has 0 unspecified atom stereocenters. The molecule has 27 heavy (non-hydrogen) atoms. The highest BCUT2D eigenvalue weighted by Gasteiger charge is 2.14. The largest absolute Gasteiger partial charge is 0.337 e. The number of hydrogen-bond donors (Lipinski definition) is 0. The molecule has 6 nitrogen and oxygen atoms in total. The van der Waals surface area contributed by atoms with Crippen LogP contribution < -0.4 is 11.2 Å². The summed E-state index contributed by atoms with van der Waals surface area (Å²) in [5, 5.41) is 0.530. The summed E-state index contributed by atoms with van der Waals surface area (Å²) in [6, 6.07) is 14.4. The SMILES string of the molecule is O=c1c2ccccc2n(CCCn2ccnc2)c(=O)n1-c1ccc(Br)cc1. The summed E-state index contributed by atoms with van der Waals surface area (Å²) >= 11 is 3.38. The number of halogens is 1. The molecule has 0 fully saturated rings. The van der Waals surface area contributed by atoms with Crippen LogP contribution in [-0.2, 0) is 13.1 Å². The molecule has 0 aliphatic rings. The van der Waals surface area contributed by atoms with Crippen LogP contribution in [0.2, 0.25) is 0 Å². The topological polar surface area (TPSA) is 61.8 Å². The van der Waals surface area contributed by atoms with Crippen molar-refractivity contribution < 1.29 is 0 Å². The average Bonchev–Trinajstić information content (AvgIpc) is 3.19. The first-order chi connectivity index (χ1) is 13.1. The molecule has 4 aromatic rings. The number of nitrogens with zero attached hydrogens (tertiary/aromatic N) is 4.